The fourth-order valence-corrected chi connectivity index (χ4v) is 4.07. The highest BCUT2D eigenvalue weighted by atomic mass is 32.2. The van der Waals surface area contributed by atoms with Crippen molar-refractivity contribution >= 4 is 21.6 Å². The van der Waals surface area contributed by atoms with Crippen LogP contribution in [0.1, 0.15) is 32.0 Å². The van der Waals surface area contributed by atoms with E-state index in [2.05, 4.69) is 25.2 Å². The summed E-state index contributed by atoms with van der Waals surface area (Å²) in [5, 5.41) is 9.93. The number of aromatic nitrogens is 3. The molecule has 2 aromatic carbocycles. The largest absolute Gasteiger partial charge is 0.493 e. The van der Waals surface area contributed by atoms with E-state index < -0.39 is 10.0 Å². The van der Waals surface area contributed by atoms with E-state index in [4.69, 9.17) is 9.47 Å². The molecule has 176 valence electrons. The van der Waals surface area contributed by atoms with Gasteiger partial charge in [-0.3, -0.25) is 9.89 Å². The van der Waals surface area contributed by atoms with Crippen molar-refractivity contribution in [3.05, 3.63) is 48.3 Å². The van der Waals surface area contributed by atoms with Gasteiger partial charge in [0.1, 0.15) is 5.82 Å². The third-order valence-corrected chi connectivity index (χ3v) is 6.26. The lowest BCUT2D eigenvalue weighted by Gasteiger charge is -2.11. The first-order chi connectivity index (χ1) is 15.7. The summed E-state index contributed by atoms with van der Waals surface area (Å²) in [6.45, 7) is 3.92. The Balaban J connectivity index is 1.63. The van der Waals surface area contributed by atoms with Crippen LogP contribution < -0.4 is 19.5 Å². The van der Waals surface area contributed by atoms with Crippen LogP contribution in [0.25, 0.3) is 11.4 Å². The predicted molar refractivity (Wildman–Crippen MR) is 124 cm³/mol. The van der Waals surface area contributed by atoms with Gasteiger partial charge in [0.15, 0.2) is 17.3 Å². The molecule has 0 aliphatic heterocycles. The number of ether oxygens (including phenoxy) is 2. The van der Waals surface area contributed by atoms with Crippen LogP contribution in [0.15, 0.2) is 47.4 Å². The predicted octanol–water partition coefficient (Wildman–Crippen LogP) is 2.92. The number of methoxy groups -OCH3 is 2. The van der Waals surface area contributed by atoms with Crippen molar-refractivity contribution in [3.8, 4) is 22.9 Å². The molecule has 3 rings (SSSR count). The van der Waals surface area contributed by atoms with Crippen LogP contribution in [0.4, 0.5) is 5.69 Å². The number of amides is 1. The van der Waals surface area contributed by atoms with E-state index in [9.17, 15) is 13.2 Å². The third kappa shape index (κ3) is 5.88. The molecule has 0 radical (unpaired) electrons. The Hall–Kier alpha value is -3.44. The quantitative estimate of drug-likeness (QED) is 0.412. The van der Waals surface area contributed by atoms with E-state index >= 15 is 0 Å². The zero-order valence-corrected chi connectivity index (χ0v) is 19.7. The Labute approximate surface area is 192 Å². The summed E-state index contributed by atoms with van der Waals surface area (Å²) in [4.78, 5) is 17.0. The summed E-state index contributed by atoms with van der Waals surface area (Å²) >= 11 is 0. The molecule has 0 aliphatic carbocycles. The zero-order valence-electron chi connectivity index (χ0n) is 18.9. The fraction of sp³-hybridized carbons (Fsp3) is 0.318. The minimum Gasteiger partial charge on any atom is -0.493 e. The van der Waals surface area contributed by atoms with Gasteiger partial charge in [-0.1, -0.05) is 26.0 Å². The van der Waals surface area contributed by atoms with Gasteiger partial charge in [0.2, 0.25) is 15.9 Å². The Bertz CT molecular complexity index is 1220. The number of aromatic amines is 1. The van der Waals surface area contributed by atoms with E-state index in [0.29, 0.717) is 28.6 Å². The van der Waals surface area contributed by atoms with Gasteiger partial charge in [-0.15, -0.1) is 0 Å². The molecule has 0 fully saturated rings. The van der Waals surface area contributed by atoms with Gasteiger partial charge in [0.25, 0.3) is 0 Å². The normalized spacial score (nSPS) is 11.4. The topological polar surface area (TPSA) is 135 Å². The lowest BCUT2D eigenvalue weighted by molar-refractivity contribution is -0.116. The van der Waals surface area contributed by atoms with Gasteiger partial charge in [-0.2, -0.15) is 5.10 Å². The van der Waals surface area contributed by atoms with Gasteiger partial charge in [-0.05, 0) is 24.3 Å². The third-order valence-electron chi connectivity index (χ3n) is 4.80. The maximum Gasteiger partial charge on any atom is 0.240 e. The number of carbonyl (C=O) groups excluding carboxylic acids is 1. The van der Waals surface area contributed by atoms with Crippen LogP contribution in [0.2, 0.25) is 0 Å². The van der Waals surface area contributed by atoms with E-state index in [0.717, 1.165) is 5.82 Å². The molecule has 1 heterocycles. The molecular formula is C22H27N5O5S. The molecule has 1 aromatic heterocycles. The Morgan fingerprint density at radius 1 is 1.09 bits per heavy atom. The number of H-pyrrole nitrogens is 1. The maximum absolute atomic E-state index is 12.6. The molecule has 0 saturated heterocycles. The molecule has 3 aromatic rings. The number of para-hydroxylation sites is 1. The van der Waals surface area contributed by atoms with Gasteiger partial charge in [-0.25, -0.2) is 18.1 Å². The first-order valence-corrected chi connectivity index (χ1v) is 11.8. The molecule has 0 saturated carbocycles. The summed E-state index contributed by atoms with van der Waals surface area (Å²) in [6.07, 6.45) is -0.0634. The number of nitrogens with zero attached hydrogens (tertiary/aromatic N) is 2. The second kappa shape index (κ2) is 10.5. The van der Waals surface area contributed by atoms with Crippen molar-refractivity contribution in [1.82, 2.24) is 19.9 Å². The molecule has 1 amide bonds. The van der Waals surface area contributed by atoms with Gasteiger partial charge >= 0.3 is 0 Å². The Kier molecular flexibility index (Phi) is 7.67. The lowest BCUT2D eigenvalue weighted by atomic mass is 10.1. The van der Waals surface area contributed by atoms with Crippen molar-refractivity contribution in [2.75, 3.05) is 26.1 Å². The molecule has 0 spiro atoms. The second-order valence-electron chi connectivity index (χ2n) is 7.46. The van der Waals surface area contributed by atoms with Crippen LogP contribution in [0.3, 0.4) is 0 Å². The van der Waals surface area contributed by atoms with E-state index in [1.165, 1.54) is 32.4 Å². The van der Waals surface area contributed by atoms with Crippen LogP contribution in [-0.2, 0) is 14.8 Å². The number of hydrogen-bond acceptors (Lipinski definition) is 7. The number of nitrogens with one attached hydrogen (secondary N) is 3. The Morgan fingerprint density at radius 3 is 2.48 bits per heavy atom. The zero-order chi connectivity index (χ0) is 24.0. The van der Waals surface area contributed by atoms with Gasteiger partial charge in [0, 0.05) is 30.5 Å². The second-order valence-corrected chi connectivity index (χ2v) is 9.22. The maximum atomic E-state index is 12.6. The van der Waals surface area contributed by atoms with Gasteiger partial charge in [0.05, 0.1) is 24.8 Å². The van der Waals surface area contributed by atoms with Crippen LogP contribution in [0, 0.1) is 0 Å². The number of sulfonamides is 1. The minimum absolute atomic E-state index is 0.0106. The standard InChI is InChI=1S/C22H27N5O5S/c1-14(2)21-25-22(27-26-21)16-7-5-6-8-17(16)24-20(28)11-12-23-33(29,30)15-9-10-18(31-3)19(13-15)32-4/h5-10,13-14,23H,11-12H2,1-4H3,(H,24,28)(H,25,26,27). The molecule has 10 nitrogen and oxygen atoms in total. The summed E-state index contributed by atoms with van der Waals surface area (Å²) in [5.41, 5.74) is 1.21. The smallest absolute Gasteiger partial charge is 0.240 e. The average molecular weight is 474 g/mol. The van der Waals surface area contributed by atoms with Crippen LogP contribution in [0.5, 0.6) is 11.5 Å². The highest BCUT2D eigenvalue weighted by Crippen LogP contribution is 2.29. The van der Waals surface area contributed by atoms with E-state index in [-0.39, 0.29) is 29.7 Å². The van der Waals surface area contributed by atoms with Gasteiger partial charge < -0.3 is 14.8 Å². The SMILES string of the molecule is COc1ccc(S(=O)(=O)NCCC(=O)Nc2ccccc2-c2n[nH]c(C(C)C)n2)cc1OC. The van der Waals surface area contributed by atoms with Crippen molar-refractivity contribution in [2.45, 2.75) is 31.1 Å². The highest BCUT2D eigenvalue weighted by molar-refractivity contribution is 7.89. The molecule has 0 atom stereocenters. The molecule has 0 unspecified atom stereocenters. The summed E-state index contributed by atoms with van der Waals surface area (Å²) in [5.74, 6) is 1.77. The van der Waals surface area contributed by atoms with Crippen LogP contribution >= 0.6 is 0 Å². The molecule has 33 heavy (non-hydrogen) atoms. The molecule has 0 aliphatic rings. The lowest BCUT2D eigenvalue weighted by Crippen LogP contribution is -2.28. The molecular weight excluding hydrogens is 446 g/mol. The fourth-order valence-electron chi connectivity index (χ4n) is 3.02. The summed E-state index contributed by atoms with van der Waals surface area (Å²) in [7, 11) is -0.945. The van der Waals surface area contributed by atoms with Crippen molar-refractivity contribution < 1.29 is 22.7 Å². The van der Waals surface area contributed by atoms with Crippen LogP contribution in [-0.4, -0.2) is 50.3 Å². The van der Waals surface area contributed by atoms with E-state index in [1.807, 2.05) is 26.0 Å². The average Bonchev–Trinajstić information content (AvgIpc) is 3.29. The first-order valence-electron chi connectivity index (χ1n) is 10.3. The number of hydrogen-bond donors (Lipinski definition) is 3. The number of anilines is 1. The van der Waals surface area contributed by atoms with Crippen molar-refractivity contribution in [3.63, 3.8) is 0 Å². The number of rotatable bonds is 10. The summed E-state index contributed by atoms with van der Waals surface area (Å²) in [6, 6.07) is 11.4. The summed E-state index contributed by atoms with van der Waals surface area (Å²) < 4.78 is 37.9. The van der Waals surface area contributed by atoms with E-state index in [1.54, 1.807) is 12.1 Å². The number of carbonyl (C=O) groups is 1. The highest BCUT2D eigenvalue weighted by Gasteiger charge is 2.18. The first kappa shape index (κ1) is 24.2. The monoisotopic (exact) mass is 473 g/mol. The van der Waals surface area contributed by atoms with Crippen molar-refractivity contribution in [1.29, 1.82) is 0 Å². The molecule has 11 heteroatoms. The Morgan fingerprint density at radius 2 is 1.82 bits per heavy atom. The molecule has 0 bridgehead atoms. The number of benzene rings is 2. The molecule has 3 N–H and O–H groups in total. The van der Waals surface area contributed by atoms with Crippen molar-refractivity contribution in [2.24, 2.45) is 0 Å². The minimum atomic E-state index is -3.83.